The molecule has 0 saturated heterocycles. The Bertz CT molecular complexity index is 1150. The molecule has 0 spiro atoms. The molecule has 10 heteroatoms. The maximum Gasteiger partial charge on any atom is 0.185 e. The van der Waals surface area contributed by atoms with Crippen LogP contribution in [-0.4, -0.2) is 48.7 Å². The molecule has 0 unspecified atom stereocenters. The molecular formula is C19H22N8OS. The molecule has 0 fully saturated rings. The molecule has 4 aromatic heterocycles. The molecule has 0 radical (unpaired) electrons. The summed E-state index contributed by atoms with van der Waals surface area (Å²) < 4.78 is 2.01. The molecular weight excluding hydrogens is 388 g/mol. The Kier molecular flexibility index (Phi) is 5.12. The standard InChI is InChI=1S/C19H22N8OS/c1-11(2)27-13-7-16(21-8-12(13)23-17(27)10-28)24-15-5-6-20-18(25-15)14-9-22-19(29-14)26(3)4/h5-9,11,28H,10H2,1-4H3,(H,20,21,24,25). The van der Waals surface area contributed by atoms with Crippen molar-refractivity contribution >= 4 is 39.1 Å². The fourth-order valence-corrected chi connectivity index (χ4v) is 3.84. The lowest BCUT2D eigenvalue weighted by atomic mass is 10.3. The number of aliphatic hydroxyl groups excluding tert-OH is 1. The van der Waals surface area contributed by atoms with Gasteiger partial charge in [-0.2, -0.15) is 0 Å². The number of rotatable bonds is 6. The maximum absolute atomic E-state index is 9.60. The van der Waals surface area contributed by atoms with Gasteiger partial charge in [0, 0.05) is 32.4 Å². The van der Waals surface area contributed by atoms with E-state index in [-0.39, 0.29) is 12.6 Å². The first-order chi connectivity index (χ1) is 14.0. The second-order valence-electron chi connectivity index (χ2n) is 7.00. The predicted octanol–water partition coefficient (Wildman–Crippen LogP) is 3.23. The Morgan fingerprint density at radius 1 is 1.14 bits per heavy atom. The van der Waals surface area contributed by atoms with Crippen LogP contribution in [0, 0.1) is 0 Å². The second-order valence-corrected chi connectivity index (χ2v) is 8.01. The zero-order chi connectivity index (χ0) is 20.5. The van der Waals surface area contributed by atoms with Crippen LogP contribution in [0.15, 0.2) is 30.7 Å². The third kappa shape index (κ3) is 3.76. The van der Waals surface area contributed by atoms with Crippen LogP contribution in [0.3, 0.4) is 0 Å². The second kappa shape index (κ2) is 7.72. The van der Waals surface area contributed by atoms with Crippen LogP contribution in [0.1, 0.15) is 25.7 Å². The average Bonchev–Trinajstić information content (AvgIpc) is 3.33. The van der Waals surface area contributed by atoms with Gasteiger partial charge < -0.3 is 19.9 Å². The zero-order valence-corrected chi connectivity index (χ0v) is 17.5. The number of anilines is 3. The van der Waals surface area contributed by atoms with E-state index in [9.17, 15) is 5.11 Å². The summed E-state index contributed by atoms with van der Waals surface area (Å²) in [5, 5.41) is 13.7. The van der Waals surface area contributed by atoms with E-state index in [1.807, 2.05) is 29.6 Å². The van der Waals surface area contributed by atoms with Crippen LogP contribution >= 0.6 is 11.3 Å². The summed E-state index contributed by atoms with van der Waals surface area (Å²) in [4.78, 5) is 25.1. The lowest BCUT2D eigenvalue weighted by molar-refractivity contribution is 0.263. The molecule has 0 aromatic carbocycles. The normalized spacial score (nSPS) is 11.4. The molecule has 4 heterocycles. The van der Waals surface area contributed by atoms with Gasteiger partial charge in [-0.25, -0.2) is 24.9 Å². The highest BCUT2D eigenvalue weighted by molar-refractivity contribution is 7.18. The van der Waals surface area contributed by atoms with E-state index in [0.29, 0.717) is 23.3 Å². The minimum atomic E-state index is -0.116. The molecule has 150 valence electrons. The SMILES string of the molecule is CC(C)n1c(CO)nc2cnc(Nc3ccnc(-c4cnc(N(C)C)s4)n3)cc21. The van der Waals surface area contributed by atoms with E-state index in [4.69, 9.17) is 0 Å². The van der Waals surface area contributed by atoms with E-state index in [1.165, 1.54) is 11.3 Å². The molecule has 2 N–H and O–H groups in total. The highest BCUT2D eigenvalue weighted by Gasteiger charge is 2.14. The van der Waals surface area contributed by atoms with Gasteiger partial charge in [-0.15, -0.1) is 0 Å². The van der Waals surface area contributed by atoms with Gasteiger partial charge in [-0.3, -0.25) is 0 Å². The van der Waals surface area contributed by atoms with Gasteiger partial charge in [-0.1, -0.05) is 11.3 Å². The van der Waals surface area contributed by atoms with Crippen molar-refractivity contribution in [2.45, 2.75) is 26.5 Å². The number of aromatic nitrogens is 6. The first-order valence-electron chi connectivity index (χ1n) is 9.17. The van der Waals surface area contributed by atoms with Crippen molar-refractivity contribution in [3.05, 3.63) is 36.5 Å². The van der Waals surface area contributed by atoms with Crippen LogP contribution < -0.4 is 10.2 Å². The van der Waals surface area contributed by atoms with E-state index in [1.54, 1.807) is 24.7 Å². The molecule has 0 atom stereocenters. The summed E-state index contributed by atoms with van der Waals surface area (Å²) in [5.41, 5.74) is 1.66. The Hall–Kier alpha value is -3.11. The molecule has 0 aliphatic heterocycles. The fourth-order valence-electron chi connectivity index (χ4n) is 3.06. The number of fused-ring (bicyclic) bond motifs is 1. The summed E-state index contributed by atoms with van der Waals surface area (Å²) in [6.07, 6.45) is 5.19. The quantitative estimate of drug-likeness (QED) is 0.499. The third-order valence-corrected chi connectivity index (χ3v) is 5.48. The van der Waals surface area contributed by atoms with Crippen molar-refractivity contribution < 1.29 is 5.11 Å². The van der Waals surface area contributed by atoms with Crippen LogP contribution in [0.2, 0.25) is 0 Å². The van der Waals surface area contributed by atoms with Gasteiger partial charge in [0.2, 0.25) is 0 Å². The van der Waals surface area contributed by atoms with Gasteiger partial charge in [0.15, 0.2) is 11.0 Å². The predicted molar refractivity (Wildman–Crippen MR) is 115 cm³/mol. The van der Waals surface area contributed by atoms with Crippen molar-refractivity contribution in [2.24, 2.45) is 0 Å². The number of hydrogen-bond donors (Lipinski definition) is 2. The van der Waals surface area contributed by atoms with Crippen molar-refractivity contribution in [3.63, 3.8) is 0 Å². The average molecular weight is 411 g/mol. The monoisotopic (exact) mass is 410 g/mol. The Labute approximate surface area is 172 Å². The summed E-state index contributed by atoms with van der Waals surface area (Å²) in [6.45, 7) is 4.00. The van der Waals surface area contributed by atoms with Crippen molar-refractivity contribution in [1.29, 1.82) is 0 Å². The lowest BCUT2D eigenvalue weighted by Gasteiger charge is -2.12. The molecule has 9 nitrogen and oxygen atoms in total. The number of pyridine rings is 1. The summed E-state index contributed by atoms with van der Waals surface area (Å²) in [6, 6.07) is 3.88. The van der Waals surface area contributed by atoms with Gasteiger partial charge in [-0.05, 0) is 19.9 Å². The minimum Gasteiger partial charge on any atom is -0.388 e. The van der Waals surface area contributed by atoms with Crippen molar-refractivity contribution in [3.8, 4) is 10.7 Å². The summed E-state index contributed by atoms with van der Waals surface area (Å²) in [5.74, 6) is 2.52. The van der Waals surface area contributed by atoms with Gasteiger partial charge in [0.05, 0.1) is 22.8 Å². The zero-order valence-electron chi connectivity index (χ0n) is 16.7. The summed E-state index contributed by atoms with van der Waals surface area (Å²) >= 11 is 1.53. The third-order valence-electron chi connectivity index (χ3n) is 4.31. The molecule has 29 heavy (non-hydrogen) atoms. The number of aliphatic hydroxyl groups is 1. The molecule has 0 saturated carbocycles. The highest BCUT2D eigenvalue weighted by atomic mass is 32.1. The van der Waals surface area contributed by atoms with Gasteiger partial charge in [0.25, 0.3) is 0 Å². The van der Waals surface area contributed by atoms with Crippen LogP contribution in [0.4, 0.5) is 16.8 Å². The number of nitrogens with zero attached hydrogens (tertiary/aromatic N) is 7. The van der Waals surface area contributed by atoms with Crippen LogP contribution in [0.5, 0.6) is 0 Å². The van der Waals surface area contributed by atoms with Crippen LogP contribution in [0.25, 0.3) is 21.7 Å². The molecule has 4 rings (SSSR count). The van der Waals surface area contributed by atoms with E-state index in [2.05, 4.69) is 44.1 Å². The van der Waals surface area contributed by atoms with Crippen molar-refractivity contribution in [1.82, 2.24) is 29.5 Å². The van der Waals surface area contributed by atoms with E-state index >= 15 is 0 Å². The number of imidazole rings is 1. The molecule has 4 aromatic rings. The lowest BCUT2D eigenvalue weighted by Crippen LogP contribution is -2.07. The maximum atomic E-state index is 9.60. The molecule has 0 bridgehead atoms. The first kappa shape index (κ1) is 19.2. The van der Waals surface area contributed by atoms with Crippen LogP contribution in [-0.2, 0) is 6.61 Å². The topological polar surface area (TPSA) is 105 Å². The largest absolute Gasteiger partial charge is 0.388 e. The van der Waals surface area contributed by atoms with Crippen molar-refractivity contribution in [2.75, 3.05) is 24.3 Å². The fraction of sp³-hybridized carbons (Fsp3) is 0.316. The first-order valence-corrected chi connectivity index (χ1v) is 9.99. The molecule has 0 aliphatic carbocycles. The minimum absolute atomic E-state index is 0.116. The number of thiazole rings is 1. The van der Waals surface area contributed by atoms with E-state index in [0.717, 1.165) is 21.0 Å². The molecule has 0 amide bonds. The van der Waals surface area contributed by atoms with E-state index < -0.39 is 0 Å². The highest BCUT2D eigenvalue weighted by Crippen LogP contribution is 2.29. The Balaban J connectivity index is 1.65. The Morgan fingerprint density at radius 2 is 1.97 bits per heavy atom. The Morgan fingerprint density at radius 3 is 2.66 bits per heavy atom. The van der Waals surface area contributed by atoms with Gasteiger partial charge in [0.1, 0.15) is 29.6 Å². The smallest absolute Gasteiger partial charge is 0.185 e. The number of nitrogens with one attached hydrogen (secondary N) is 1. The summed E-state index contributed by atoms with van der Waals surface area (Å²) in [7, 11) is 3.90. The molecule has 0 aliphatic rings. The van der Waals surface area contributed by atoms with Gasteiger partial charge >= 0.3 is 0 Å². The number of hydrogen-bond acceptors (Lipinski definition) is 9.